The molecule has 0 aliphatic carbocycles. The lowest BCUT2D eigenvalue weighted by molar-refractivity contribution is 0.102. The van der Waals surface area contributed by atoms with E-state index in [0.29, 0.717) is 11.6 Å². The third-order valence-electron chi connectivity index (χ3n) is 4.35. The minimum Gasteiger partial charge on any atom is -0.356 e. The van der Waals surface area contributed by atoms with Crippen molar-refractivity contribution in [3.05, 3.63) is 47.4 Å². The van der Waals surface area contributed by atoms with Gasteiger partial charge in [-0.1, -0.05) is 13.0 Å². The highest BCUT2D eigenvalue weighted by Gasteiger charge is 2.19. The molecule has 1 aromatic carbocycles. The van der Waals surface area contributed by atoms with E-state index in [-0.39, 0.29) is 5.91 Å². The molecule has 0 radical (unpaired) electrons. The van der Waals surface area contributed by atoms with Crippen molar-refractivity contribution in [3.63, 3.8) is 0 Å². The number of anilines is 2. The van der Waals surface area contributed by atoms with Gasteiger partial charge in [0, 0.05) is 24.8 Å². The molecule has 2 heterocycles. The van der Waals surface area contributed by atoms with Gasteiger partial charge in [-0.3, -0.25) is 4.79 Å². The van der Waals surface area contributed by atoms with Crippen molar-refractivity contribution in [2.75, 3.05) is 23.3 Å². The number of amides is 1. The smallest absolute Gasteiger partial charge is 0.274 e. The first-order valence-corrected chi connectivity index (χ1v) is 8.48. The van der Waals surface area contributed by atoms with Gasteiger partial charge in [-0.05, 0) is 55.9 Å². The molecule has 1 amide bonds. The average molecular weight is 324 g/mol. The normalized spacial score (nSPS) is 17.6. The van der Waals surface area contributed by atoms with Crippen LogP contribution in [-0.2, 0) is 0 Å². The summed E-state index contributed by atoms with van der Waals surface area (Å²) >= 11 is 0. The van der Waals surface area contributed by atoms with Crippen LogP contribution in [0.4, 0.5) is 11.5 Å². The summed E-state index contributed by atoms with van der Waals surface area (Å²) in [7, 11) is 0. The van der Waals surface area contributed by atoms with Crippen molar-refractivity contribution >= 4 is 17.4 Å². The van der Waals surface area contributed by atoms with Crippen molar-refractivity contribution in [1.82, 2.24) is 9.97 Å². The van der Waals surface area contributed by atoms with E-state index in [4.69, 9.17) is 0 Å². The fraction of sp³-hybridized carbons (Fsp3) is 0.421. The highest BCUT2D eigenvalue weighted by Crippen LogP contribution is 2.21. The molecule has 1 atom stereocenters. The van der Waals surface area contributed by atoms with Crippen molar-refractivity contribution < 1.29 is 4.79 Å². The Bertz CT molecular complexity index is 724. The van der Waals surface area contributed by atoms with Gasteiger partial charge < -0.3 is 10.2 Å². The molecular formula is C19H24N4O. The molecular weight excluding hydrogens is 300 g/mol. The summed E-state index contributed by atoms with van der Waals surface area (Å²) in [6.07, 6.45) is 3.89. The first-order chi connectivity index (χ1) is 11.5. The van der Waals surface area contributed by atoms with Crippen LogP contribution in [-0.4, -0.2) is 29.0 Å². The molecule has 1 aromatic heterocycles. The topological polar surface area (TPSA) is 58.1 Å². The summed E-state index contributed by atoms with van der Waals surface area (Å²) in [5.74, 6) is 1.29. The van der Waals surface area contributed by atoms with Gasteiger partial charge in [0.05, 0.1) is 0 Å². The predicted octanol–water partition coefficient (Wildman–Crippen LogP) is 3.58. The van der Waals surface area contributed by atoms with E-state index in [9.17, 15) is 4.79 Å². The third kappa shape index (κ3) is 3.91. The number of nitrogens with zero attached hydrogens (tertiary/aromatic N) is 3. The lowest BCUT2D eigenvalue weighted by atomic mass is 10.0. The summed E-state index contributed by atoms with van der Waals surface area (Å²) in [4.78, 5) is 23.3. The van der Waals surface area contributed by atoms with Crippen LogP contribution in [0.25, 0.3) is 0 Å². The van der Waals surface area contributed by atoms with Gasteiger partial charge in [-0.15, -0.1) is 0 Å². The van der Waals surface area contributed by atoms with Gasteiger partial charge >= 0.3 is 0 Å². The van der Waals surface area contributed by atoms with Gasteiger partial charge in [-0.25, -0.2) is 9.97 Å². The maximum atomic E-state index is 12.5. The van der Waals surface area contributed by atoms with E-state index in [1.165, 1.54) is 12.7 Å². The summed E-state index contributed by atoms with van der Waals surface area (Å²) in [5, 5.41) is 2.93. The number of rotatable bonds is 3. The highest BCUT2D eigenvalue weighted by atomic mass is 16.1. The standard InChI is InChI=1S/C19H24N4O/c1-13-5-4-6-23(11-13)18-10-17(20-12-21-18)19(24)22-16-8-14(2)7-15(3)9-16/h7-10,12-13H,4-6,11H2,1-3H3,(H,22,24). The summed E-state index contributed by atoms with van der Waals surface area (Å²) in [6.45, 7) is 8.25. The molecule has 3 rings (SSSR count). The minimum atomic E-state index is -0.200. The Balaban J connectivity index is 1.76. The van der Waals surface area contributed by atoms with E-state index in [1.54, 1.807) is 6.07 Å². The second kappa shape index (κ2) is 6.99. The van der Waals surface area contributed by atoms with E-state index in [2.05, 4.69) is 33.2 Å². The molecule has 1 aliphatic rings. The quantitative estimate of drug-likeness (QED) is 0.937. The molecule has 1 saturated heterocycles. The van der Waals surface area contributed by atoms with Crippen LogP contribution >= 0.6 is 0 Å². The first-order valence-electron chi connectivity index (χ1n) is 8.48. The number of hydrogen-bond donors (Lipinski definition) is 1. The number of benzene rings is 1. The van der Waals surface area contributed by atoms with Crippen molar-refractivity contribution in [3.8, 4) is 0 Å². The van der Waals surface area contributed by atoms with Gasteiger partial charge in [-0.2, -0.15) is 0 Å². The lowest BCUT2D eigenvalue weighted by Crippen LogP contribution is -2.35. The Kier molecular flexibility index (Phi) is 4.79. The van der Waals surface area contributed by atoms with Crippen molar-refractivity contribution in [2.45, 2.75) is 33.6 Å². The molecule has 2 aromatic rings. The SMILES string of the molecule is Cc1cc(C)cc(NC(=O)c2cc(N3CCCC(C)C3)ncn2)c1. The third-order valence-corrected chi connectivity index (χ3v) is 4.35. The lowest BCUT2D eigenvalue weighted by Gasteiger charge is -2.31. The Morgan fingerprint density at radius 2 is 1.92 bits per heavy atom. The average Bonchev–Trinajstić information content (AvgIpc) is 2.54. The van der Waals surface area contributed by atoms with Crippen LogP contribution in [0.5, 0.6) is 0 Å². The summed E-state index contributed by atoms with van der Waals surface area (Å²) in [5.41, 5.74) is 3.44. The Morgan fingerprint density at radius 1 is 1.17 bits per heavy atom. The van der Waals surface area contributed by atoms with Gasteiger partial charge in [0.25, 0.3) is 5.91 Å². The van der Waals surface area contributed by atoms with Gasteiger partial charge in [0.15, 0.2) is 0 Å². The molecule has 24 heavy (non-hydrogen) atoms. The molecule has 1 aliphatic heterocycles. The number of piperidine rings is 1. The molecule has 1 fully saturated rings. The van der Waals surface area contributed by atoms with Gasteiger partial charge in [0.2, 0.25) is 0 Å². The molecule has 5 heteroatoms. The molecule has 0 saturated carbocycles. The number of aromatic nitrogens is 2. The van der Waals surface area contributed by atoms with Crippen LogP contribution in [0, 0.1) is 19.8 Å². The fourth-order valence-corrected chi connectivity index (χ4v) is 3.28. The molecule has 0 bridgehead atoms. The van der Waals surface area contributed by atoms with E-state index < -0.39 is 0 Å². The molecule has 1 N–H and O–H groups in total. The maximum absolute atomic E-state index is 12.5. The second-order valence-electron chi connectivity index (χ2n) is 6.79. The van der Waals surface area contributed by atoms with Crippen LogP contribution in [0.15, 0.2) is 30.6 Å². The first kappa shape index (κ1) is 16.4. The molecule has 1 unspecified atom stereocenters. The number of carbonyl (C=O) groups is 1. The van der Waals surface area contributed by atoms with E-state index in [0.717, 1.165) is 42.1 Å². The van der Waals surface area contributed by atoms with Crippen molar-refractivity contribution in [2.24, 2.45) is 5.92 Å². The molecule has 126 valence electrons. The number of hydrogen-bond acceptors (Lipinski definition) is 4. The Morgan fingerprint density at radius 3 is 2.62 bits per heavy atom. The number of carbonyl (C=O) groups excluding carboxylic acids is 1. The largest absolute Gasteiger partial charge is 0.356 e. The molecule has 5 nitrogen and oxygen atoms in total. The minimum absolute atomic E-state index is 0.200. The number of nitrogens with one attached hydrogen (secondary N) is 1. The Labute approximate surface area is 143 Å². The maximum Gasteiger partial charge on any atom is 0.274 e. The van der Waals surface area contributed by atoms with E-state index >= 15 is 0 Å². The second-order valence-corrected chi connectivity index (χ2v) is 6.79. The van der Waals surface area contributed by atoms with Crippen LogP contribution < -0.4 is 10.2 Å². The monoisotopic (exact) mass is 324 g/mol. The fourth-order valence-electron chi connectivity index (χ4n) is 3.28. The predicted molar refractivity (Wildman–Crippen MR) is 96.5 cm³/mol. The zero-order valence-corrected chi connectivity index (χ0v) is 14.5. The summed E-state index contributed by atoms with van der Waals surface area (Å²) in [6, 6.07) is 7.78. The Hall–Kier alpha value is -2.43. The summed E-state index contributed by atoms with van der Waals surface area (Å²) < 4.78 is 0. The van der Waals surface area contributed by atoms with Crippen molar-refractivity contribution in [1.29, 1.82) is 0 Å². The molecule has 0 spiro atoms. The van der Waals surface area contributed by atoms with Crippen LogP contribution in [0.3, 0.4) is 0 Å². The van der Waals surface area contributed by atoms with Crippen LogP contribution in [0.2, 0.25) is 0 Å². The highest BCUT2D eigenvalue weighted by molar-refractivity contribution is 6.03. The van der Waals surface area contributed by atoms with Gasteiger partial charge in [0.1, 0.15) is 17.8 Å². The number of aryl methyl sites for hydroxylation is 2. The van der Waals surface area contributed by atoms with Crippen LogP contribution in [0.1, 0.15) is 41.4 Å². The van der Waals surface area contributed by atoms with E-state index in [1.807, 2.05) is 26.0 Å². The zero-order valence-electron chi connectivity index (χ0n) is 14.5. The zero-order chi connectivity index (χ0) is 17.1.